The monoisotopic (exact) mass is 303 g/mol. The number of amides is 1. The Morgan fingerprint density at radius 3 is 2.59 bits per heavy atom. The predicted molar refractivity (Wildman–Crippen MR) is 77.4 cm³/mol. The molecule has 0 radical (unpaired) electrons. The molecule has 0 spiro atoms. The molecule has 1 amide bonds. The first kappa shape index (κ1) is 14.7. The van der Waals surface area contributed by atoms with Gasteiger partial charge in [0.15, 0.2) is 11.6 Å². The van der Waals surface area contributed by atoms with Crippen LogP contribution in [0.1, 0.15) is 22.0 Å². The van der Waals surface area contributed by atoms with Crippen molar-refractivity contribution in [2.45, 2.75) is 6.04 Å². The summed E-state index contributed by atoms with van der Waals surface area (Å²) in [5, 5.41) is 0. The van der Waals surface area contributed by atoms with Crippen molar-refractivity contribution >= 4 is 5.91 Å². The molecule has 3 nitrogen and oxygen atoms in total. The van der Waals surface area contributed by atoms with E-state index in [0.717, 1.165) is 17.7 Å². The standard InChI is InChI=1S/C17H15F2NO2/c18-14-7-6-13(10-15(14)19)17(21)20-8-9-22-11-16(20)12-4-2-1-3-5-12/h1-7,10,16H,8-9,11H2. The van der Waals surface area contributed by atoms with Crippen molar-refractivity contribution in [3.05, 3.63) is 71.3 Å². The minimum atomic E-state index is -1.02. The Balaban J connectivity index is 1.90. The molecule has 1 atom stereocenters. The van der Waals surface area contributed by atoms with Gasteiger partial charge in [0.25, 0.3) is 5.91 Å². The number of morpholine rings is 1. The van der Waals surface area contributed by atoms with Crippen LogP contribution in [-0.2, 0) is 4.74 Å². The molecule has 0 saturated carbocycles. The van der Waals surface area contributed by atoms with Crippen LogP contribution >= 0.6 is 0 Å². The maximum absolute atomic E-state index is 13.4. The largest absolute Gasteiger partial charge is 0.377 e. The van der Waals surface area contributed by atoms with Gasteiger partial charge in [-0.1, -0.05) is 30.3 Å². The molecule has 0 bridgehead atoms. The summed E-state index contributed by atoms with van der Waals surface area (Å²) in [5.74, 6) is -2.30. The molecule has 1 aliphatic rings. The first-order valence-corrected chi connectivity index (χ1v) is 7.05. The van der Waals surface area contributed by atoms with Crippen molar-refractivity contribution < 1.29 is 18.3 Å². The molecule has 0 aromatic heterocycles. The number of carbonyl (C=O) groups is 1. The molecular weight excluding hydrogens is 288 g/mol. The zero-order valence-electron chi connectivity index (χ0n) is 11.8. The summed E-state index contributed by atoms with van der Waals surface area (Å²) in [6.07, 6.45) is 0. The van der Waals surface area contributed by atoms with Gasteiger partial charge in [-0.3, -0.25) is 4.79 Å². The molecule has 1 saturated heterocycles. The highest BCUT2D eigenvalue weighted by Gasteiger charge is 2.29. The topological polar surface area (TPSA) is 29.5 Å². The van der Waals surface area contributed by atoms with E-state index in [4.69, 9.17) is 4.74 Å². The summed E-state index contributed by atoms with van der Waals surface area (Å²) in [4.78, 5) is 14.3. The van der Waals surface area contributed by atoms with Crippen molar-refractivity contribution in [1.29, 1.82) is 0 Å². The van der Waals surface area contributed by atoms with E-state index >= 15 is 0 Å². The lowest BCUT2D eigenvalue weighted by molar-refractivity contribution is -0.00272. The molecule has 114 valence electrons. The number of benzene rings is 2. The van der Waals surface area contributed by atoms with E-state index in [-0.39, 0.29) is 17.5 Å². The van der Waals surface area contributed by atoms with Crippen LogP contribution in [0, 0.1) is 11.6 Å². The lowest BCUT2D eigenvalue weighted by Gasteiger charge is -2.36. The van der Waals surface area contributed by atoms with E-state index in [1.807, 2.05) is 30.3 Å². The third-order valence-corrected chi connectivity index (χ3v) is 3.74. The van der Waals surface area contributed by atoms with E-state index in [1.165, 1.54) is 6.07 Å². The summed E-state index contributed by atoms with van der Waals surface area (Å²) in [5.41, 5.74) is 1.10. The van der Waals surface area contributed by atoms with Gasteiger partial charge in [-0.15, -0.1) is 0 Å². The molecule has 0 aliphatic carbocycles. The van der Waals surface area contributed by atoms with E-state index < -0.39 is 11.6 Å². The van der Waals surface area contributed by atoms with E-state index in [1.54, 1.807) is 4.90 Å². The fourth-order valence-electron chi connectivity index (χ4n) is 2.59. The molecule has 2 aromatic carbocycles. The van der Waals surface area contributed by atoms with Crippen LogP contribution in [0.2, 0.25) is 0 Å². The van der Waals surface area contributed by atoms with Gasteiger partial charge < -0.3 is 9.64 Å². The number of ether oxygens (including phenoxy) is 1. The van der Waals surface area contributed by atoms with Gasteiger partial charge in [0.05, 0.1) is 19.3 Å². The zero-order chi connectivity index (χ0) is 15.5. The second-order valence-electron chi connectivity index (χ2n) is 5.13. The van der Waals surface area contributed by atoms with Crippen LogP contribution in [0.25, 0.3) is 0 Å². The van der Waals surface area contributed by atoms with Crippen LogP contribution in [0.3, 0.4) is 0 Å². The Kier molecular flexibility index (Phi) is 4.15. The third kappa shape index (κ3) is 2.85. The average Bonchev–Trinajstić information content (AvgIpc) is 2.57. The Labute approximate surface area is 127 Å². The fraction of sp³-hybridized carbons (Fsp3) is 0.235. The van der Waals surface area contributed by atoms with Crippen LogP contribution in [0.4, 0.5) is 8.78 Å². The molecule has 3 rings (SSSR count). The molecule has 2 aromatic rings. The molecule has 1 fully saturated rings. The van der Waals surface area contributed by atoms with Crippen LogP contribution < -0.4 is 0 Å². The molecule has 1 heterocycles. The minimum absolute atomic E-state index is 0.140. The van der Waals surface area contributed by atoms with Crippen molar-refractivity contribution in [1.82, 2.24) is 4.90 Å². The number of carbonyl (C=O) groups excluding carboxylic acids is 1. The van der Waals surface area contributed by atoms with E-state index in [9.17, 15) is 13.6 Å². The minimum Gasteiger partial charge on any atom is -0.377 e. The summed E-state index contributed by atoms with van der Waals surface area (Å²) in [6.45, 7) is 1.23. The van der Waals surface area contributed by atoms with Crippen molar-refractivity contribution in [2.75, 3.05) is 19.8 Å². The summed E-state index contributed by atoms with van der Waals surface area (Å²) < 4.78 is 31.9. The van der Waals surface area contributed by atoms with Crippen LogP contribution in [0.15, 0.2) is 48.5 Å². The number of hydrogen-bond acceptors (Lipinski definition) is 2. The third-order valence-electron chi connectivity index (χ3n) is 3.74. The normalized spacial score (nSPS) is 18.3. The molecule has 5 heteroatoms. The van der Waals surface area contributed by atoms with Gasteiger partial charge in [-0.25, -0.2) is 8.78 Å². The number of hydrogen-bond donors (Lipinski definition) is 0. The Bertz CT molecular complexity index is 676. The highest BCUT2D eigenvalue weighted by Crippen LogP contribution is 2.26. The van der Waals surface area contributed by atoms with Crippen molar-refractivity contribution in [2.24, 2.45) is 0 Å². The SMILES string of the molecule is O=C(c1ccc(F)c(F)c1)N1CCOCC1c1ccccc1. The van der Waals surface area contributed by atoms with Gasteiger partial charge >= 0.3 is 0 Å². The Morgan fingerprint density at radius 1 is 1.09 bits per heavy atom. The molecular formula is C17H15F2NO2. The second kappa shape index (κ2) is 6.23. The van der Waals surface area contributed by atoms with E-state index in [2.05, 4.69) is 0 Å². The Morgan fingerprint density at radius 2 is 1.86 bits per heavy atom. The maximum Gasteiger partial charge on any atom is 0.254 e. The fourth-order valence-corrected chi connectivity index (χ4v) is 2.59. The summed E-state index contributed by atoms with van der Waals surface area (Å²) in [6, 6.07) is 12.5. The maximum atomic E-state index is 13.4. The first-order chi connectivity index (χ1) is 10.7. The van der Waals surface area contributed by atoms with Crippen LogP contribution in [0.5, 0.6) is 0 Å². The lowest BCUT2D eigenvalue weighted by Crippen LogP contribution is -2.43. The van der Waals surface area contributed by atoms with Gasteiger partial charge in [0.2, 0.25) is 0 Å². The highest BCUT2D eigenvalue weighted by atomic mass is 19.2. The lowest BCUT2D eigenvalue weighted by atomic mass is 10.0. The number of halogens is 2. The van der Waals surface area contributed by atoms with Gasteiger partial charge in [-0.2, -0.15) is 0 Å². The Hall–Kier alpha value is -2.27. The first-order valence-electron chi connectivity index (χ1n) is 7.05. The summed E-state index contributed by atoms with van der Waals surface area (Å²) >= 11 is 0. The van der Waals surface area contributed by atoms with Crippen LogP contribution in [-0.4, -0.2) is 30.6 Å². The van der Waals surface area contributed by atoms with Gasteiger partial charge in [0.1, 0.15) is 0 Å². The van der Waals surface area contributed by atoms with Gasteiger partial charge in [0, 0.05) is 12.1 Å². The summed E-state index contributed by atoms with van der Waals surface area (Å²) in [7, 11) is 0. The van der Waals surface area contributed by atoms with Crippen molar-refractivity contribution in [3.63, 3.8) is 0 Å². The molecule has 0 N–H and O–H groups in total. The highest BCUT2D eigenvalue weighted by molar-refractivity contribution is 5.94. The second-order valence-corrected chi connectivity index (χ2v) is 5.13. The average molecular weight is 303 g/mol. The number of nitrogens with zero attached hydrogens (tertiary/aromatic N) is 1. The predicted octanol–water partition coefficient (Wildman–Crippen LogP) is 3.18. The molecule has 1 unspecified atom stereocenters. The smallest absolute Gasteiger partial charge is 0.254 e. The van der Waals surface area contributed by atoms with Gasteiger partial charge in [-0.05, 0) is 23.8 Å². The zero-order valence-corrected chi connectivity index (χ0v) is 11.8. The van der Waals surface area contributed by atoms with Crippen molar-refractivity contribution in [3.8, 4) is 0 Å². The van der Waals surface area contributed by atoms with E-state index in [0.29, 0.717) is 19.8 Å². The number of rotatable bonds is 2. The quantitative estimate of drug-likeness (QED) is 0.853. The molecule has 22 heavy (non-hydrogen) atoms. The molecule has 1 aliphatic heterocycles.